The summed E-state index contributed by atoms with van der Waals surface area (Å²) in [5, 5.41) is 5.86. The Morgan fingerprint density at radius 1 is 1.33 bits per heavy atom. The Labute approximate surface area is 174 Å². The summed E-state index contributed by atoms with van der Waals surface area (Å²) in [5.74, 6) is -2.05. The van der Waals surface area contributed by atoms with E-state index in [4.69, 9.17) is 0 Å². The SMILES string of the molecule is C\C=C/C=C\C(C)=N\C=C(/C)C(=O)Nc1cc(C2N=C(C3CC(F)(F)C3)N2)ccn1. The van der Waals surface area contributed by atoms with Gasteiger partial charge in [-0.25, -0.2) is 18.8 Å². The number of nitrogens with zero attached hydrogens (tertiary/aromatic N) is 3. The van der Waals surface area contributed by atoms with Crippen molar-refractivity contribution in [2.75, 3.05) is 5.32 Å². The van der Waals surface area contributed by atoms with Gasteiger partial charge >= 0.3 is 0 Å². The molecule has 0 radical (unpaired) electrons. The Balaban J connectivity index is 1.57. The fraction of sp³-hybridized carbons (Fsp3) is 0.364. The number of carbonyl (C=O) groups is 1. The fourth-order valence-electron chi connectivity index (χ4n) is 3.02. The van der Waals surface area contributed by atoms with Gasteiger partial charge in [0.1, 0.15) is 17.8 Å². The van der Waals surface area contributed by atoms with Crippen molar-refractivity contribution in [3.05, 3.63) is 60.0 Å². The van der Waals surface area contributed by atoms with Gasteiger partial charge in [0.15, 0.2) is 0 Å². The molecule has 2 aliphatic rings. The molecule has 0 spiro atoms. The second kappa shape index (κ2) is 9.11. The number of hydrogen-bond donors (Lipinski definition) is 2. The average Bonchev–Trinajstić information content (AvgIpc) is 2.64. The van der Waals surface area contributed by atoms with E-state index in [2.05, 4.69) is 25.6 Å². The predicted octanol–water partition coefficient (Wildman–Crippen LogP) is 4.56. The zero-order valence-electron chi connectivity index (χ0n) is 17.2. The number of aliphatic imine (C=N–C) groups is 2. The number of allylic oxidation sites excluding steroid dienone is 4. The van der Waals surface area contributed by atoms with Gasteiger partial charge in [-0.15, -0.1) is 0 Å². The molecule has 1 aliphatic carbocycles. The zero-order chi connectivity index (χ0) is 21.7. The molecule has 0 saturated heterocycles. The van der Waals surface area contributed by atoms with E-state index in [9.17, 15) is 13.6 Å². The van der Waals surface area contributed by atoms with Crippen LogP contribution in [-0.2, 0) is 4.79 Å². The minimum absolute atomic E-state index is 0.151. The van der Waals surface area contributed by atoms with Crippen LogP contribution in [0.25, 0.3) is 0 Å². The molecular weight excluding hydrogens is 388 g/mol. The first kappa shape index (κ1) is 21.5. The van der Waals surface area contributed by atoms with Gasteiger partial charge in [-0.05, 0) is 39.0 Å². The summed E-state index contributed by atoms with van der Waals surface area (Å²) in [6.07, 6.45) is 10.00. The van der Waals surface area contributed by atoms with Crippen molar-refractivity contribution in [3.8, 4) is 0 Å². The molecule has 3 rings (SSSR count). The minimum Gasteiger partial charge on any atom is -0.348 e. The van der Waals surface area contributed by atoms with Crippen molar-refractivity contribution in [1.29, 1.82) is 0 Å². The third-order valence-electron chi connectivity index (χ3n) is 4.83. The number of amides is 1. The highest BCUT2D eigenvalue weighted by Gasteiger charge is 2.49. The van der Waals surface area contributed by atoms with Crippen LogP contribution in [-0.4, -0.2) is 28.4 Å². The molecule has 1 aromatic heterocycles. The van der Waals surface area contributed by atoms with E-state index >= 15 is 0 Å². The lowest BCUT2D eigenvalue weighted by molar-refractivity contribution is -0.112. The summed E-state index contributed by atoms with van der Waals surface area (Å²) < 4.78 is 26.0. The smallest absolute Gasteiger partial charge is 0.254 e. The van der Waals surface area contributed by atoms with Gasteiger partial charge in [0.25, 0.3) is 5.91 Å². The molecule has 6 nitrogen and oxygen atoms in total. The molecule has 0 bridgehead atoms. The quantitative estimate of drug-likeness (QED) is 0.391. The van der Waals surface area contributed by atoms with E-state index < -0.39 is 5.92 Å². The summed E-state index contributed by atoms with van der Waals surface area (Å²) >= 11 is 0. The lowest BCUT2D eigenvalue weighted by Gasteiger charge is -2.40. The summed E-state index contributed by atoms with van der Waals surface area (Å²) in [5.41, 5.74) is 2.02. The van der Waals surface area contributed by atoms with Gasteiger partial charge < -0.3 is 10.6 Å². The first-order valence-corrected chi connectivity index (χ1v) is 9.77. The molecule has 1 amide bonds. The number of amidine groups is 1. The second-order valence-electron chi connectivity index (χ2n) is 7.42. The van der Waals surface area contributed by atoms with Gasteiger partial charge in [0.2, 0.25) is 5.92 Å². The second-order valence-corrected chi connectivity index (χ2v) is 7.42. The van der Waals surface area contributed by atoms with Crippen LogP contribution in [0.4, 0.5) is 14.6 Å². The first-order chi connectivity index (χ1) is 14.3. The number of alkyl halides is 2. The Bertz CT molecular complexity index is 954. The van der Waals surface area contributed by atoms with E-state index in [0.29, 0.717) is 17.2 Å². The zero-order valence-corrected chi connectivity index (χ0v) is 17.2. The molecule has 2 heterocycles. The van der Waals surface area contributed by atoms with Crippen molar-refractivity contribution in [2.24, 2.45) is 15.9 Å². The molecule has 1 aromatic rings. The van der Waals surface area contributed by atoms with E-state index in [0.717, 1.165) is 11.3 Å². The van der Waals surface area contributed by atoms with Crippen molar-refractivity contribution in [1.82, 2.24) is 10.3 Å². The third kappa shape index (κ3) is 5.46. The van der Waals surface area contributed by atoms with Crippen molar-refractivity contribution in [2.45, 2.75) is 45.7 Å². The molecular formula is C22H25F2N5O. The first-order valence-electron chi connectivity index (χ1n) is 9.77. The predicted molar refractivity (Wildman–Crippen MR) is 115 cm³/mol. The summed E-state index contributed by atoms with van der Waals surface area (Å²) in [6, 6.07) is 3.49. The number of carbonyl (C=O) groups excluding carboxylic acids is 1. The average molecular weight is 413 g/mol. The number of hydrogen-bond acceptors (Lipinski definition) is 5. The van der Waals surface area contributed by atoms with E-state index in [-0.39, 0.29) is 30.8 Å². The molecule has 0 aromatic carbocycles. The molecule has 158 valence electrons. The van der Waals surface area contributed by atoms with Gasteiger partial charge in [-0.2, -0.15) is 0 Å². The van der Waals surface area contributed by atoms with E-state index in [1.54, 1.807) is 25.3 Å². The van der Waals surface area contributed by atoms with Crippen LogP contribution in [0.3, 0.4) is 0 Å². The van der Waals surface area contributed by atoms with Crippen LogP contribution in [0, 0.1) is 5.92 Å². The summed E-state index contributed by atoms with van der Waals surface area (Å²) in [7, 11) is 0. The Hall–Kier alpha value is -3.16. The van der Waals surface area contributed by atoms with Crippen LogP contribution < -0.4 is 10.6 Å². The van der Waals surface area contributed by atoms with E-state index in [1.807, 2.05) is 38.2 Å². The number of nitrogens with one attached hydrogen (secondary N) is 2. The highest BCUT2D eigenvalue weighted by Crippen LogP contribution is 2.44. The molecule has 1 aliphatic heterocycles. The van der Waals surface area contributed by atoms with Crippen LogP contribution >= 0.6 is 0 Å². The van der Waals surface area contributed by atoms with Crippen molar-refractivity contribution in [3.63, 3.8) is 0 Å². The molecule has 1 unspecified atom stereocenters. The van der Waals surface area contributed by atoms with E-state index in [1.165, 1.54) is 6.20 Å². The molecule has 1 fully saturated rings. The molecule has 1 saturated carbocycles. The Morgan fingerprint density at radius 2 is 2.07 bits per heavy atom. The number of halogens is 2. The number of aromatic nitrogens is 1. The monoisotopic (exact) mass is 413 g/mol. The lowest BCUT2D eigenvalue weighted by atomic mass is 9.79. The largest absolute Gasteiger partial charge is 0.348 e. The maximum atomic E-state index is 13.0. The van der Waals surface area contributed by atoms with Gasteiger partial charge in [0, 0.05) is 48.0 Å². The molecule has 2 N–H and O–H groups in total. The normalized spacial score (nSPS) is 21.8. The number of pyridine rings is 1. The van der Waals surface area contributed by atoms with Crippen LogP contribution in [0.1, 0.15) is 45.3 Å². The Kier molecular flexibility index (Phi) is 6.54. The fourth-order valence-corrected chi connectivity index (χ4v) is 3.02. The van der Waals surface area contributed by atoms with Crippen molar-refractivity contribution < 1.29 is 13.6 Å². The maximum Gasteiger partial charge on any atom is 0.254 e. The third-order valence-corrected chi connectivity index (χ3v) is 4.83. The lowest BCUT2D eigenvalue weighted by Crippen LogP contribution is -2.50. The number of anilines is 1. The van der Waals surface area contributed by atoms with Crippen LogP contribution in [0.2, 0.25) is 0 Å². The number of rotatable bonds is 7. The van der Waals surface area contributed by atoms with Crippen molar-refractivity contribution >= 4 is 23.3 Å². The molecule has 1 atom stereocenters. The highest BCUT2D eigenvalue weighted by atomic mass is 19.3. The van der Waals surface area contributed by atoms with Gasteiger partial charge in [-0.3, -0.25) is 9.79 Å². The van der Waals surface area contributed by atoms with Crippen LogP contribution in [0.5, 0.6) is 0 Å². The van der Waals surface area contributed by atoms with Gasteiger partial charge in [-0.1, -0.05) is 18.2 Å². The summed E-state index contributed by atoms with van der Waals surface area (Å²) in [4.78, 5) is 25.2. The molecule has 8 heteroatoms. The molecule has 30 heavy (non-hydrogen) atoms. The highest BCUT2D eigenvalue weighted by molar-refractivity contribution is 6.03. The topological polar surface area (TPSA) is 78.7 Å². The minimum atomic E-state index is -2.56. The maximum absolute atomic E-state index is 13.0. The van der Waals surface area contributed by atoms with Gasteiger partial charge in [0.05, 0.1) is 0 Å². The Morgan fingerprint density at radius 3 is 2.73 bits per heavy atom. The summed E-state index contributed by atoms with van der Waals surface area (Å²) in [6.45, 7) is 5.44. The standard InChI is InChI=1S/C22H25F2N5O/c1-4-5-6-7-15(3)26-13-14(2)21(30)27-18-10-16(8-9-25-18)19-28-20(29-19)17-11-22(23,24)12-17/h4-10,13,17,19H,11-12H2,1-3H3,(H,28,29)(H,25,27,30)/b5-4-,7-6-,14-13+,26-15+. The van der Waals surface area contributed by atoms with Crippen LogP contribution in [0.15, 0.2) is 64.4 Å².